The minimum Gasteiger partial charge on any atom is -0.492 e. The lowest BCUT2D eigenvalue weighted by molar-refractivity contribution is -0.145. The van der Waals surface area contributed by atoms with Gasteiger partial charge in [-0.1, -0.05) is 31.2 Å². The number of carbonyl (C=O) groups is 3. The predicted octanol–water partition coefficient (Wildman–Crippen LogP) is 4.57. The molecule has 7 nitrogen and oxygen atoms in total. The summed E-state index contributed by atoms with van der Waals surface area (Å²) in [6.07, 6.45) is 0.947. The Labute approximate surface area is 178 Å². The number of carboxylic acids is 1. The molecule has 156 valence electrons. The summed E-state index contributed by atoms with van der Waals surface area (Å²) in [5.74, 6) is -0.658. The second-order valence-corrected chi connectivity index (χ2v) is 7.34. The Morgan fingerprint density at radius 2 is 1.93 bits per heavy atom. The highest BCUT2D eigenvalue weighted by Gasteiger charge is 2.37. The first kappa shape index (κ1) is 21.4. The molecule has 0 aromatic heterocycles. The van der Waals surface area contributed by atoms with Gasteiger partial charge in [-0.05, 0) is 61.0 Å². The Balaban J connectivity index is 1.86. The molecule has 0 saturated carbocycles. The van der Waals surface area contributed by atoms with E-state index in [2.05, 4.69) is 0 Å². The number of ether oxygens (including phenoxy) is 2. The van der Waals surface area contributed by atoms with Crippen LogP contribution in [0.1, 0.15) is 25.8 Å². The molecule has 3 rings (SSSR count). The van der Waals surface area contributed by atoms with Gasteiger partial charge in [-0.2, -0.15) is 0 Å². The summed E-state index contributed by atoms with van der Waals surface area (Å²) < 4.78 is 11.0. The Hall–Kier alpha value is -3.26. The van der Waals surface area contributed by atoms with Crippen LogP contribution < -0.4 is 14.4 Å². The van der Waals surface area contributed by atoms with E-state index in [1.165, 1.54) is 0 Å². The van der Waals surface area contributed by atoms with E-state index in [-0.39, 0.29) is 4.91 Å². The first-order valence-electron chi connectivity index (χ1n) is 9.43. The molecule has 2 aromatic rings. The topological polar surface area (TPSA) is 93.1 Å². The zero-order valence-corrected chi connectivity index (χ0v) is 17.3. The van der Waals surface area contributed by atoms with Crippen LogP contribution in [0.5, 0.6) is 11.5 Å². The number of para-hydroxylation sites is 2. The molecule has 30 heavy (non-hydrogen) atoms. The number of anilines is 1. The zero-order valence-electron chi connectivity index (χ0n) is 16.5. The van der Waals surface area contributed by atoms with Gasteiger partial charge in [0.1, 0.15) is 11.5 Å². The summed E-state index contributed by atoms with van der Waals surface area (Å²) in [5, 5.41) is 8.74. The summed E-state index contributed by atoms with van der Waals surface area (Å²) in [6.45, 7) is 3.96. The molecular weight excluding hydrogens is 406 g/mol. The van der Waals surface area contributed by atoms with Crippen molar-refractivity contribution in [2.75, 3.05) is 11.5 Å². The molecular formula is C22H21NO6S. The minimum atomic E-state index is -1.04. The fourth-order valence-electron chi connectivity index (χ4n) is 2.90. The minimum absolute atomic E-state index is 0.258. The predicted molar refractivity (Wildman–Crippen MR) is 115 cm³/mol. The van der Waals surface area contributed by atoms with Crippen molar-refractivity contribution in [3.05, 3.63) is 59.0 Å². The average Bonchev–Trinajstić information content (AvgIpc) is 3.00. The van der Waals surface area contributed by atoms with Gasteiger partial charge < -0.3 is 14.6 Å². The molecule has 0 radical (unpaired) electrons. The summed E-state index contributed by atoms with van der Waals surface area (Å²) in [5.41, 5.74) is 1.02. The third-order valence-corrected chi connectivity index (χ3v) is 5.15. The Morgan fingerprint density at radius 3 is 2.63 bits per heavy atom. The number of nitrogens with zero attached hydrogens (tertiary/aromatic N) is 1. The molecule has 1 aliphatic heterocycles. The quantitative estimate of drug-likeness (QED) is 0.617. The van der Waals surface area contributed by atoms with Gasteiger partial charge in [-0.15, -0.1) is 0 Å². The second-order valence-electron chi connectivity index (χ2n) is 6.34. The van der Waals surface area contributed by atoms with Crippen molar-refractivity contribution >= 4 is 40.6 Å². The summed E-state index contributed by atoms with van der Waals surface area (Å²) in [4.78, 5) is 38.0. The van der Waals surface area contributed by atoms with Crippen LogP contribution in [0.4, 0.5) is 10.5 Å². The SMILES string of the molecule is CCOc1ccccc1N1C(=O)S/C(=C/c2cccc(OC(CC)C(=O)O)c2)C1=O. The van der Waals surface area contributed by atoms with Crippen LogP contribution in [0.15, 0.2) is 53.4 Å². The molecule has 2 aromatic carbocycles. The Morgan fingerprint density at radius 1 is 1.17 bits per heavy atom. The molecule has 0 spiro atoms. The third kappa shape index (κ3) is 4.65. The fourth-order valence-corrected chi connectivity index (χ4v) is 3.73. The summed E-state index contributed by atoms with van der Waals surface area (Å²) in [6, 6.07) is 13.6. The van der Waals surface area contributed by atoms with Crippen LogP contribution in [0.3, 0.4) is 0 Å². The molecule has 1 saturated heterocycles. The van der Waals surface area contributed by atoms with Gasteiger partial charge in [0.05, 0.1) is 17.2 Å². The van der Waals surface area contributed by atoms with Crippen molar-refractivity contribution in [3.8, 4) is 11.5 Å². The first-order chi connectivity index (χ1) is 14.4. The maximum atomic E-state index is 12.9. The Bertz CT molecular complexity index is 1000. The number of amides is 2. The molecule has 1 aliphatic rings. The van der Waals surface area contributed by atoms with Crippen LogP contribution in [-0.4, -0.2) is 34.9 Å². The normalized spacial score (nSPS) is 16.1. The summed E-state index contributed by atoms with van der Waals surface area (Å²) in [7, 11) is 0. The number of hydrogen-bond acceptors (Lipinski definition) is 6. The van der Waals surface area contributed by atoms with Gasteiger partial charge in [-0.25, -0.2) is 9.69 Å². The molecule has 2 amide bonds. The number of rotatable bonds is 8. The van der Waals surface area contributed by atoms with Gasteiger partial charge in [-0.3, -0.25) is 9.59 Å². The maximum Gasteiger partial charge on any atom is 0.344 e. The number of carbonyl (C=O) groups excluding carboxylic acids is 2. The third-order valence-electron chi connectivity index (χ3n) is 4.28. The largest absolute Gasteiger partial charge is 0.492 e. The second kappa shape index (κ2) is 9.49. The number of benzene rings is 2. The fraction of sp³-hybridized carbons (Fsp3) is 0.227. The molecule has 0 aliphatic carbocycles. The highest BCUT2D eigenvalue weighted by atomic mass is 32.2. The maximum absolute atomic E-state index is 12.9. The van der Waals surface area contributed by atoms with Crippen LogP contribution >= 0.6 is 11.8 Å². The van der Waals surface area contributed by atoms with Crippen molar-refractivity contribution in [2.24, 2.45) is 0 Å². The number of aliphatic carboxylic acids is 1. The van der Waals surface area contributed by atoms with Gasteiger partial charge in [0.25, 0.3) is 11.1 Å². The molecule has 1 fully saturated rings. The molecule has 1 heterocycles. The van der Waals surface area contributed by atoms with E-state index in [0.717, 1.165) is 16.7 Å². The molecule has 1 atom stereocenters. The van der Waals surface area contributed by atoms with Crippen molar-refractivity contribution in [1.29, 1.82) is 0 Å². The Kier molecular flexibility index (Phi) is 6.79. The van der Waals surface area contributed by atoms with E-state index in [0.29, 0.717) is 35.8 Å². The van der Waals surface area contributed by atoms with Crippen molar-refractivity contribution in [2.45, 2.75) is 26.4 Å². The van der Waals surface area contributed by atoms with E-state index in [1.54, 1.807) is 61.5 Å². The average molecular weight is 427 g/mol. The first-order valence-corrected chi connectivity index (χ1v) is 10.3. The van der Waals surface area contributed by atoms with E-state index in [1.807, 2.05) is 6.92 Å². The zero-order chi connectivity index (χ0) is 21.7. The van der Waals surface area contributed by atoms with Crippen LogP contribution in [0, 0.1) is 0 Å². The lowest BCUT2D eigenvalue weighted by Crippen LogP contribution is -2.28. The number of hydrogen-bond donors (Lipinski definition) is 1. The standard InChI is InChI=1S/C22H21NO6S/c1-3-17(21(25)26)29-15-9-7-8-14(12-15)13-19-20(24)23(22(27)30-19)16-10-5-6-11-18(16)28-4-2/h5-13,17H,3-4H2,1-2H3,(H,25,26)/b19-13+. The highest BCUT2D eigenvalue weighted by molar-refractivity contribution is 8.19. The van der Waals surface area contributed by atoms with E-state index in [4.69, 9.17) is 14.6 Å². The van der Waals surface area contributed by atoms with E-state index >= 15 is 0 Å². The van der Waals surface area contributed by atoms with Crippen LogP contribution in [0.25, 0.3) is 6.08 Å². The highest BCUT2D eigenvalue weighted by Crippen LogP contribution is 2.39. The van der Waals surface area contributed by atoms with E-state index < -0.39 is 23.2 Å². The molecule has 0 bridgehead atoms. The molecule has 1 unspecified atom stereocenters. The van der Waals surface area contributed by atoms with Crippen LogP contribution in [-0.2, 0) is 9.59 Å². The number of thioether (sulfide) groups is 1. The van der Waals surface area contributed by atoms with Gasteiger partial charge >= 0.3 is 5.97 Å². The van der Waals surface area contributed by atoms with E-state index in [9.17, 15) is 14.4 Å². The van der Waals surface area contributed by atoms with Gasteiger partial charge in [0.15, 0.2) is 6.10 Å². The molecule has 8 heteroatoms. The summed E-state index contributed by atoms with van der Waals surface area (Å²) >= 11 is 0.835. The van der Waals surface area contributed by atoms with Crippen molar-refractivity contribution < 1.29 is 29.0 Å². The lowest BCUT2D eigenvalue weighted by Gasteiger charge is -2.16. The smallest absolute Gasteiger partial charge is 0.344 e. The van der Waals surface area contributed by atoms with Crippen LogP contribution in [0.2, 0.25) is 0 Å². The van der Waals surface area contributed by atoms with Crippen molar-refractivity contribution in [3.63, 3.8) is 0 Å². The number of imide groups is 1. The molecule has 1 N–H and O–H groups in total. The number of carboxylic acid groups (broad SMARTS) is 1. The monoisotopic (exact) mass is 427 g/mol. The van der Waals surface area contributed by atoms with Gasteiger partial charge in [0, 0.05) is 0 Å². The lowest BCUT2D eigenvalue weighted by atomic mass is 10.2. The van der Waals surface area contributed by atoms with Crippen molar-refractivity contribution in [1.82, 2.24) is 0 Å². The van der Waals surface area contributed by atoms with Gasteiger partial charge in [0.2, 0.25) is 0 Å².